The lowest BCUT2D eigenvalue weighted by Crippen LogP contribution is -2.31. The first-order valence-electron chi connectivity index (χ1n) is 5.07. The molecule has 18 heavy (non-hydrogen) atoms. The predicted molar refractivity (Wildman–Crippen MR) is 62.6 cm³/mol. The van der Waals surface area contributed by atoms with Gasteiger partial charge in [-0.15, -0.1) is 0 Å². The van der Waals surface area contributed by atoms with Crippen LogP contribution in [0.2, 0.25) is 0 Å². The lowest BCUT2D eigenvalue weighted by molar-refractivity contribution is -0.141. The highest BCUT2D eigenvalue weighted by Crippen LogP contribution is 2.18. The molecule has 0 heterocycles. The number of nitrogens with two attached hydrogens (primary N) is 1. The minimum atomic E-state index is -4.04. The van der Waals surface area contributed by atoms with Gasteiger partial charge in [0.05, 0.1) is 12.3 Å². The molecule has 0 aliphatic heterocycles. The molecule has 3 N–H and O–H groups in total. The van der Waals surface area contributed by atoms with Gasteiger partial charge in [0.15, 0.2) is 0 Å². The molecule has 0 unspecified atom stereocenters. The van der Waals surface area contributed by atoms with E-state index in [0.29, 0.717) is 0 Å². The topological polar surface area (TPSA) is 98.5 Å². The second kappa shape index (κ2) is 5.78. The first-order chi connectivity index (χ1) is 8.36. The van der Waals surface area contributed by atoms with Crippen molar-refractivity contribution >= 4 is 21.7 Å². The number of benzene rings is 1. The van der Waals surface area contributed by atoms with Gasteiger partial charge < -0.3 is 10.5 Å². The molecule has 1 aromatic rings. The third-order valence-corrected chi connectivity index (χ3v) is 3.43. The number of sulfonamides is 1. The van der Waals surface area contributed by atoms with E-state index in [-0.39, 0.29) is 12.3 Å². The number of hydrogen-bond donors (Lipinski definition) is 2. The minimum Gasteiger partial charge on any atom is -0.465 e. The molecule has 0 atom stereocenters. The molecule has 0 aliphatic carbocycles. The number of ether oxygens (including phenoxy) is 1. The van der Waals surface area contributed by atoms with Gasteiger partial charge >= 0.3 is 5.97 Å². The Morgan fingerprint density at radius 2 is 2.17 bits per heavy atom. The number of hydrogen-bond acceptors (Lipinski definition) is 5. The van der Waals surface area contributed by atoms with Gasteiger partial charge in [0.25, 0.3) is 0 Å². The van der Waals surface area contributed by atoms with Gasteiger partial charge in [0.1, 0.15) is 17.3 Å². The monoisotopic (exact) mass is 276 g/mol. The van der Waals surface area contributed by atoms with Crippen LogP contribution in [0.3, 0.4) is 0 Å². The van der Waals surface area contributed by atoms with E-state index in [9.17, 15) is 17.6 Å². The van der Waals surface area contributed by atoms with Crippen LogP contribution in [0.5, 0.6) is 0 Å². The molecule has 0 saturated carbocycles. The molecule has 0 saturated heterocycles. The van der Waals surface area contributed by atoms with E-state index in [4.69, 9.17) is 5.73 Å². The maximum atomic E-state index is 13.0. The predicted octanol–water partition coefficient (Wildman–Crippen LogP) is 0.249. The van der Waals surface area contributed by atoms with E-state index >= 15 is 0 Å². The van der Waals surface area contributed by atoms with Crippen molar-refractivity contribution < 1.29 is 22.3 Å². The van der Waals surface area contributed by atoms with E-state index in [1.165, 1.54) is 0 Å². The Hall–Kier alpha value is -1.67. The maximum Gasteiger partial charge on any atom is 0.321 e. The second-order valence-electron chi connectivity index (χ2n) is 3.31. The number of anilines is 1. The molecule has 0 spiro atoms. The molecule has 0 amide bonds. The molecule has 0 radical (unpaired) electrons. The Morgan fingerprint density at radius 3 is 2.78 bits per heavy atom. The van der Waals surface area contributed by atoms with E-state index in [2.05, 4.69) is 4.74 Å². The van der Waals surface area contributed by atoms with Crippen LogP contribution in [0.4, 0.5) is 10.1 Å². The Morgan fingerprint density at radius 1 is 1.50 bits per heavy atom. The van der Waals surface area contributed by atoms with Crippen molar-refractivity contribution in [3.63, 3.8) is 0 Å². The molecule has 6 nitrogen and oxygen atoms in total. The van der Waals surface area contributed by atoms with Gasteiger partial charge in [-0.25, -0.2) is 12.8 Å². The Labute approximate surface area is 104 Å². The summed E-state index contributed by atoms with van der Waals surface area (Å²) in [6.07, 6.45) is 0. The molecule has 8 heteroatoms. The smallest absolute Gasteiger partial charge is 0.321 e. The molecular formula is C10H13FN2O4S. The summed E-state index contributed by atoms with van der Waals surface area (Å²) in [6.45, 7) is 1.20. The van der Waals surface area contributed by atoms with Crippen LogP contribution in [0.15, 0.2) is 23.1 Å². The summed E-state index contributed by atoms with van der Waals surface area (Å²) in [6, 6.07) is 2.96. The van der Waals surface area contributed by atoms with Crippen molar-refractivity contribution in [3.8, 4) is 0 Å². The largest absolute Gasteiger partial charge is 0.465 e. The number of carbonyl (C=O) groups is 1. The number of carbonyl (C=O) groups excluding carboxylic acids is 1. The average Bonchev–Trinajstić information content (AvgIpc) is 2.30. The van der Waals surface area contributed by atoms with E-state index < -0.39 is 33.3 Å². The second-order valence-corrected chi connectivity index (χ2v) is 5.05. The van der Waals surface area contributed by atoms with Crippen LogP contribution in [0.25, 0.3) is 0 Å². The van der Waals surface area contributed by atoms with Crippen LogP contribution in [0.1, 0.15) is 6.92 Å². The first-order valence-corrected chi connectivity index (χ1v) is 6.55. The molecule has 0 fully saturated rings. The number of rotatable bonds is 5. The number of nitrogens with one attached hydrogen (secondary N) is 1. The molecule has 0 aliphatic rings. The van der Waals surface area contributed by atoms with Gasteiger partial charge in [-0.3, -0.25) is 4.79 Å². The van der Waals surface area contributed by atoms with E-state index in [0.717, 1.165) is 18.2 Å². The van der Waals surface area contributed by atoms with Gasteiger partial charge in [-0.05, 0) is 25.1 Å². The number of nitrogen functional groups attached to an aromatic ring is 1. The van der Waals surface area contributed by atoms with Crippen molar-refractivity contribution in [2.75, 3.05) is 18.9 Å². The highest BCUT2D eigenvalue weighted by Gasteiger charge is 2.19. The van der Waals surface area contributed by atoms with Gasteiger partial charge in [0, 0.05) is 0 Å². The van der Waals surface area contributed by atoms with Crippen molar-refractivity contribution in [3.05, 3.63) is 24.0 Å². The highest BCUT2D eigenvalue weighted by atomic mass is 32.2. The molecule has 1 rings (SSSR count). The Balaban J connectivity index is 2.87. The lowest BCUT2D eigenvalue weighted by atomic mass is 10.3. The van der Waals surface area contributed by atoms with Crippen LogP contribution in [-0.4, -0.2) is 27.5 Å². The van der Waals surface area contributed by atoms with Crippen LogP contribution < -0.4 is 10.5 Å². The summed E-state index contributed by atoms with van der Waals surface area (Å²) in [7, 11) is -4.04. The summed E-state index contributed by atoms with van der Waals surface area (Å²) in [5, 5.41) is 0. The zero-order valence-corrected chi connectivity index (χ0v) is 10.5. The summed E-state index contributed by atoms with van der Waals surface area (Å²) in [4.78, 5) is 10.6. The van der Waals surface area contributed by atoms with Crippen molar-refractivity contribution in [1.29, 1.82) is 0 Å². The summed E-state index contributed by atoms with van der Waals surface area (Å²) >= 11 is 0. The van der Waals surface area contributed by atoms with Gasteiger partial charge in [-0.2, -0.15) is 4.72 Å². The molecular weight excluding hydrogens is 263 g/mol. The van der Waals surface area contributed by atoms with Gasteiger partial charge in [0.2, 0.25) is 10.0 Å². The summed E-state index contributed by atoms with van der Waals surface area (Å²) < 4.78 is 43.0. The lowest BCUT2D eigenvalue weighted by Gasteiger charge is -2.08. The SMILES string of the molecule is CCOC(=O)CNS(=O)(=O)c1cc(F)ccc1N. The maximum absolute atomic E-state index is 13.0. The van der Waals surface area contributed by atoms with Crippen LogP contribution in [0, 0.1) is 5.82 Å². The van der Waals surface area contributed by atoms with Crippen LogP contribution >= 0.6 is 0 Å². The first kappa shape index (κ1) is 14.4. The number of halogens is 1. The summed E-state index contributed by atoms with van der Waals surface area (Å²) in [5.41, 5.74) is 5.33. The normalized spacial score (nSPS) is 11.2. The fraction of sp³-hybridized carbons (Fsp3) is 0.300. The fourth-order valence-electron chi connectivity index (χ4n) is 1.18. The van der Waals surface area contributed by atoms with Crippen molar-refractivity contribution in [2.45, 2.75) is 11.8 Å². The van der Waals surface area contributed by atoms with Crippen molar-refractivity contribution in [1.82, 2.24) is 4.72 Å². The quantitative estimate of drug-likeness (QED) is 0.593. The Bertz CT molecular complexity index is 545. The average molecular weight is 276 g/mol. The molecule has 0 aromatic heterocycles. The van der Waals surface area contributed by atoms with Gasteiger partial charge in [-0.1, -0.05) is 0 Å². The summed E-state index contributed by atoms with van der Waals surface area (Å²) in [5.74, 6) is -1.46. The molecule has 0 bridgehead atoms. The minimum absolute atomic E-state index is 0.104. The fourth-order valence-corrected chi connectivity index (χ4v) is 2.29. The van der Waals surface area contributed by atoms with Crippen LogP contribution in [-0.2, 0) is 19.6 Å². The third kappa shape index (κ3) is 3.67. The molecule has 1 aromatic carbocycles. The standard InChI is InChI=1S/C10H13FN2O4S/c1-2-17-10(14)6-13-18(15,16)9-5-7(11)3-4-8(9)12/h3-5,13H,2,6,12H2,1H3. The zero-order chi connectivity index (χ0) is 13.8. The Kier molecular flexibility index (Phi) is 4.62. The third-order valence-electron chi connectivity index (χ3n) is 1.98. The zero-order valence-electron chi connectivity index (χ0n) is 9.64. The number of esters is 1. The van der Waals surface area contributed by atoms with Crippen molar-refractivity contribution in [2.24, 2.45) is 0 Å². The molecule has 100 valence electrons. The van der Waals surface area contributed by atoms with E-state index in [1.54, 1.807) is 6.92 Å². The van der Waals surface area contributed by atoms with E-state index in [1.807, 2.05) is 4.72 Å². The highest BCUT2D eigenvalue weighted by molar-refractivity contribution is 7.89.